The number of rotatable bonds is 3. The Morgan fingerprint density at radius 3 is 2.86 bits per heavy atom. The van der Waals surface area contributed by atoms with Crippen molar-refractivity contribution >= 4 is 11.9 Å². The number of hydrogen-bond donors (Lipinski definition) is 1. The van der Waals surface area contributed by atoms with Gasteiger partial charge in [-0.15, -0.1) is 0 Å². The first-order valence-corrected chi connectivity index (χ1v) is 3.85. The fourth-order valence-corrected chi connectivity index (χ4v) is 0.752. The Kier molecular flexibility index (Phi) is 3.54. The van der Waals surface area contributed by atoms with Gasteiger partial charge in [-0.1, -0.05) is 0 Å². The molecule has 1 amide bonds. The van der Waals surface area contributed by atoms with Crippen LogP contribution in [0.2, 0.25) is 0 Å². The number of amides is 1. The number of methoxy groups -OCH3 is 1. The van der Waals surface area contributed by atoms with Crippen LogP contribution < -0.4 is 5.32 Å². The third-order valence-corrected chi connectivity index (χ3v) is 1.47. The van der Waals surface area contributed by atoms with Crippen molar-refractivity contribution in [3.8, 4) is 0 Å². The lowest BCUT2D eigenvalue weighted by Gasteiger charge is -2.02. The Bertz CT molecular complexity index is 326. The van der Waals surface area contributed by atoms with E-state index in [-0.39, 0.29) is 12.5 Å². The Morgan fingerprint density at radius 2 is 2.29 bits per heavy atom. The molecule has 0 aromatic carbocycles. The van der Waals surface area contributed by atoms with Crippen molar-refractivity contribution in [1.29, 1.82) is 0 Å². The van der Waals surface area contributed by atoms with Gasteiger partial charge in [0.15, 0.2) is 0 Å². The molecule has 0 saturated heterocycles. The van der Waals surface area contributed by atoms with E-state index in [1.165, 1.54) is 25.6 Å². The predicted molar refractivity (Wildman–Crippen MR) is 46.4 cm³/mol. The van der Waals surface area contributed by atoms with E-state index < -0.39 is 5.97 Å². The molecule has 6 heteroatoms. The number of hydrogen-bond acceptors (Lipinski definition) is 5. The highest BCUT2D eigenvalue weighted by Gasteiger charge is 2.07. The van der Waals surface area contributed by atoms with Gasteiger partial charge in [-0.25, -0.2) is 0 Å². The van der Waals surface area contributed by atoms with E-state index >= 15 is 0 Å². The van der Waals surface area contributed by atoms with Crippen LogP contribution in [0.25, 0.3) is 0 Å². The molecule has 1 rings (SSSR count). The first-order valence-electron chi connectivity index (χ1n) is 3.85. The van der Waals surface area contributed by atoms with Crippen LogP contribution in [0.5, 0.6) is 0 Å². The zero-order valence-electron chi connectivity index (χ0n) is 7.56. The van der Waals surface area contributed by atoms with Crippen molar-refractivity contribution in [2.24, 2.45) is 0 Å². The van der Waals surface area contributed by atoms with Crippen LogP contribution in [0.3, 0.4) is 0 Å². The van der Waals surface area contributed by atoms with Gasteiger partial charge in [-0.2, -0.15) is 10.2 Å². The molecule has 14 heavy (non-hydrogen) atoms. The van der Waals surface area contributed by atoms with Gasteiger partial charge in [0, 0.05) is 0 Å². The summed E-state index contributed by atoms with van der Waals surface area (Å²) < 4.78 is 4.35. The SMILES string of the molecule is COC(=O)CNC(=O)c1ccnnc1. The van der Waals surface area contributed by atoms with E-state index in [0.717, 1.165) is 0 Å². The highest BCUT2D eigenvalue weighted by molar-refractivity contribution is 5.95. The third-order valence-electron chi connectivity index (χ3n) is 1.47. The van der Waals surface area contributed by atoms with E-state index in [0.29, 0.717) is 5.56 Å². The largest absolute Gasteiger partial charge is 0.468 e. The van der Waals surface area contributed by atoms with E-state index in [9.17, 15) is 9.59 Å². The molecule has 0 atom stereocenters. The van der Waals surface area contributed by atoms with Gasteiger partial charge < -0.3 is 10.1 Å². The first-order chi connectivity index (χ1) is 6.74. The first kappa shape index (κ1) is 10.1. The van der Waals surface area contributed by atoms with Crippen molar-refractivity contribution in [3.05, 3.63) is 24.0 Å². The normalized spacial score (nSPS) is 9.21. The maximum absolute atomic E-state index is 11.3. The summed E-state index contributed by atoms with van der Waals surface area (Å²) >= 11 is 0. The number of carbonyl (C=O) groups is 2. The lowest BCUT2D eigenvalue weighted by molar-refractivity contribution is -0.139. The summed E-state index contributed by atoms with van der Waals surface area (Å²) in [6, 6.07) is 1.50. The predicted octanol–water partition coefficient (Wildman–Crippen LogP) is -0.621. The molecule has 0 aliphatic rings. The van der Waals surface area contributed by atoms with Gasteiger partial charge in [0.25, 0.3) is 5.91 Å². The second-order valence-corrected chi connectivity index (χ2v) is 2.39. The van der Waals surface area contributed by atoms with Gasteiger partial charge in [-0.3, -0.25) is 9.59 Å². The molecule has 0 radical (unpaired) electrons. The van der Waals surface area contributed by atoms with Crippen molar-refractivity contribution in [2.75, 3.05) is 13.7 Å². The summed E-state index contributed by atoms with van der Waals surface area (Å²) in [5, 5.41) is 9.41. The zero-order chi connectivity index (χ0) is 10.4. The lowest BCUT2D eigenvalue weighted by atomic mass is 10.3. The molecule has 0 unspecified atom stereocenters. The lowest BCUT2D eigenvalue weighted by Crippen LogP contribution is -2.30. The summed E-state index contributed by atoms with van der Waals surface area (Å²) in [4.78, 5) is 22.0. The number of ether oxygens (including phenoxy) is 1. The maximum atomic E-state index is 11.3. The highest BCUT2D eigenvalue weighted by Crippen LogP contribution is 1.92. The molecule has 0 aliphatic carbocycles. The van der Waals surface area contributed by atoms with Crippen molar-refractivity contribution in [3.63, 3.8) is 0 Å². The summed E-state index contributed by atoms with van der Waals surface area (Å²) in [6.07, 6.45) is 2.71. The number of carbonyl (C=O) groups excluding carboxylic acids is 2. The average molecular weight is 195 g/mol. The number of nitrogens with one attached hydrogen (secondary N) is 1. The van der Waals surface area contributed by atoms with Crippen molar-refractivity contribution in [2.45, 2.75) is 0 Å². The Morgan fingerprint density at radius 1 is 1.50 bits per heavy atom. The smallest absolute Gasteiger partial charge is 0.325 e. The fourth-order valence-electron chi connectivity index (χ4n) is 0.752. The molecule has 0 saturated carbocycles. The maximum Gasteiger partial charge on any atom is 0.325 e. The van der Waals surface area contributed by atoms with Gasteiger partial charge >= 0.3 is 5.97 Å². The van der Waals surface area contributed by atoms with Crippen LogP contribution >= 0.6 is 0 Å². The summed E-state index contributed by atoms with van der Waals surface area (Å²) in [6.45, 7) is -0.155. The minimum atomic E-state index is -0.500. The van der Waals surface area contributed by atoms with E-state index in [1.54, 1.807) is 0 Å². The third kappa shape index (κ3) is 2.81. The molecular formula is C8H9N3O3. The Labute approximate surface area is 80.3 Å². The minimum Gasteiger partial charge on any atom is -0.468 e. The zero-order valence-corrected chi connectivity index (χ0v) is 7.56. The molecular weight excluding hydrogens is 186 g/mol. The molecule has 74 valence electrons. The van der Waals surface area contributed by atoms with E-state index in [4.69, 9.17) is 0 Å². The summed E-state index contributed by atoms with van der Waals surface area (Å²) in [5.41, 5.74) is 0.351. The van der Waals surface area contributed by atoms with E-state index in [2.05, 4.69) is 20.3 Å². The molecule has 1 aromatic rings. The van der Waals surface area contributed by atoms with Gasteiger partial charge in [0.2, 0.25) is 0 Å². The quantitative estimate of drug-likeness (QED) is 0.650. The Balaban J connectivity index is 2.48. The van der Waals surface area contributed by atoms with Crippen LogP contribution in [0.4, 0.5) is 0 Å². The fraction of sp³-hybridized carbons (Fsp3) is 0.250. The standard InChI is InChI=1S/C8H9N3O3/c1-14-7(12)5-9-8(13)6-2-3-10-11-4-6/h2-4H,5H2,1H3,(H,9,13). The molecule has 0 aliphatic heterocycles. The van der Waals surface area contributed by atoms with Gasteiger partial charge in [0.1, 0.15) is 6.54 Å². The van der Waals surface area contributed by atoms with Crippen molar-refractivity contribution in [1.82, 2.24) is 15.5 Å². The monoisotopic (exact) mass is 195 g/mol. The molecule has 1 heterocycles. The van der Waals surface area contributed by atoms with Crippen LogP contribution in [0.1, 0.15) is 10.4 Å². The molecule has 0 fully saturated rings. The minimum absolute atomic E-state index is 0.155. The van der Waals surface area contributed by atoms with Crippen molar-refractivity contribution < 1.29 is 14.3 Å². The molecule has 0 bridgehead atoms. The number of aromatic nitrogens is 2. The summed E-state index contributed by atoms with van der Waals surface area (Å²) in [5.74, 6) is -0.884. The number of esters is 1. The average Bonchev–Trinajstić information content (AvgIpc) is 2.26. The van der Waals surface area contributed by atoms with Gasteiger partial charge in [-0.05, 0) is 6.07 Å². The molecule has 6 nitrogen and oxygen atoms in total. The summed E-state index contributed by atoms with van der Waals surface area (Å²) in [7, 11) is 1.25. The second kappa shape index (κ2) is 4.90. The second-order valence-electron chi connectivity index (χ2n) is 2.39. The Hall–Kier alpha value is -1.98. The molecule has 0 spiro atoms. The van der Waals surface area contributed by atoms with Crippen LogP contribution in [-0.2, 0) is 9.53 Å². The van der Waals surface area contributed by atoms with Crippen LogP contribution in [0.15, 0.2) is 18.5 Å². The molecule has 1 aromatic heterocycles. The van der Waals surface area contributed by atoms with Crippen LogP contribution in [-0.4, -0.2) is 35.7 Å². The topological polar surface area (TPSA) is 81.2 Å². The molecule has 1 N–H and O–H groups in total. The number of nitrogens with zero attached hydrogens (tertiary/aromatic N) is 2. The van der Waals surface area contributed by atoms with E-state index in [1.807, 2.05) is 0 Å². The highest BCUT2D eigenvalue weighted by atomic mass is 16.5. The van der Waals surface area contributed by atoms with Gasteiger partial charge in [0.05, 0.1) is 25.1 Å². The van der Waals surface area contributed by atoms with Crippen LogP contribution in [0, 0.1) is 0 Å².